The van der Waals surface area contributed by atoms with Gasteiger partial charge in [-0.25, -0.2) is 0 Å². The van der Waals surface area contributed by atoms with Gasteiger partial charge in [-0.2, -0.15) is 8.42 Å². The topological polar surface area (TPSA) is 46.6 Å². The maximum Gasteiger partial charge on any atom is 0.297 e. The maximum atomic E-state index is 12.9. The van der Waals surface area contributed by atoms with Gasteiger partial charge in [-0.05, 0) is 56.5 Å². The quantitative estimate of drug-likeness (QED) is 0.432. The van der Waals surface area contributed by atoms with E-state index in [2.05, 4.69) is 60.4 Å². The predicted molar refractivity (Wildman–Crippen MR) is 128 cm³/mol. The molecule has 0 radical (unpaired) electrons. The first-order valence-electron chi connectivity index (χ1n) is 11.2. The molecule has 0 aliphatic carbocycles. The third kappa shape index (κ3) is 4.96. The summed E-state index contributed by atoms with van der Waals surface area (Å²) in [6, 6.07) is 27.7. The molecule has 1 fully saturated rings. The van der Waals surface area contributed by atoms with Crippen LogP contribution in [0.25, 0.3) is 0 Å². The zero-order valence-electron chi connectivity index (χ0n) is 18.8. The van der Waals surface area contributed by atoms with Gasteiger partial charge in [0.05, 0.1) is 17.5 Å². The molecule has 0 spiro atoms. The Morgan fingerprint density at radius 1 is 0.875 bits per heavy atom. The smallest absolute Gasteiger partial charge is 0.285 e. The zero-order chi connectivity index (χ0) is 22.6. The molecule has 1 aliphatic heterocycles. The fourth-order valence-electron chi connectivity index (χ4n) is 4.60. The van der Waals surface area contributed by atoms with Gasteiger partial charge in [0.15, 0.2) is 0 Å². The summed E-state index contributed by atoms with van der Waals surface area (Å²) in [5, 5.41) is 0. The minimum absolute atomic E-state index is 0.0355. The largest absolute Gasteiger partial charge is 0.297 e. The molecule has 1 aliphatic rings. The Bertz CT molecular complexity index is 1080. The van der Waals surface area contributed by atoms with E-state index < -0.39 is 15.7 Å². The molecule has 4 nitrogen and oxygen atoms in total. The van der Waals surface area contributed by atoms with Crippen LogP contribution in [0.3, 0.4) is 0 Å². The van der Waals surface area contributed by atoms with E-state index in [1.807, 2.05) is 19.1 Å². The summed E-state index contributed by atoms with van der Waals surface area (Å²) in [5.74, 6) is 0. The molecule has 1 heterocycles. The summed E-state index contributed by atoms with van der Waals surface area (Å²) in [4.78, 5) is 2.64. The lowest BCUT2D eigenvalue weighted by molar-refractivity contribution is 0.000262. The number of hydrogen-bond donors (Lipinski definition) is 0. The van der Waals surface area contributed by atoms with Gasteiger partial charge in [0.25, 0.3) is 10.1 Å². The molecule has 168 valence electrons. The molecule has 32 heavy (non-hydrogen) atoms. The Kier molecular flexibility index (Phi) is 6.79. The highest BCUT2D eigenvalue weighted by Crippen LogP contribution is 2.39. The van der Waals surface area contributed by atoms with E-state index in [9.17, 15) is 8.42 Å². The van der Waals surface area contributed by atoms with Crippen LogP contribution in [0, 0.1) is 6.92 Å². The van der Waals surface area contributed by atoms with Crippen molar-refractivity contribution in [1.29, 1.82) is 0 Å². The average molecular weight is 450 g/mol. The molecular weight excluding hydrogens is 418 g/mol. The second kappa shape index (κ2) is 9.57. The van der Waals surface area contributed by atoms with Crippen molar-refractivity contribution in [2.75, 3.05) is 13.2 Å². The van der Waals surface area contributed by atoms with Gasteiger partial charge in [0.2, 0.25) is 0 Å². The first-order chi connectivity index (χ1) is 15.4. The van der Waals surface area contributed by atoms with Crippen LogP contribution in [-0.4, -0.2) is 32.0 Å². The van der Waals surface area contributed by atoms with Crippen LogP contribution in [0.1, 0.15) is 48.9 Å². The van der Waals surface area contributed by atoms with E-state index in [-0.39, 0.29) is 17.5 Å². The van der Waals surface area contributed by atoms with Gasteiger partial charge >= 0.3 is 0 Å². The summed E-state index contributed by atoms with van der Waals surface area (Å²) in [6.07, 6.45) is 3.01. The molecule has 4 rings (SSSR count). The van der Waals surface area contributed by atoms with Crippen LogP contribution in [-0.2, 0) is 14.3 Å². The van der Waals surface area contributed by atoms with Crippen molar-refractivity contribution in [2.24, 2.45) is 0 Å². The Balaban J connectivity index is 1.65. The SMILES string of the molecule is Cc1ccc(S(=O)(=O)OC[C@@]2(C)CCCCN2C(c2ccccc2)c2ccccc2)cc1. The van der Waals surface area contributed by atoms with Crippen molar-refractivity contribution >= 4 is 10.1 Å². The van der Waals surface area contributed by atoms with Gasteiger partial charge in [-0.1, -0.05) is 84.8 Å². The number of hydrogen-bond acceptors (Lipinski definition) is 4. The summed E-state index contributed by atoms with van der Waals surface area (Å²) in [6.45, 7) is 5.08. The van der Waals surface area contributed by atoms with E-state index in [0.29, 0.717) is 0 Å². The lowest BCUT2D eigenvalue weighted by atomic mass is 9.84. The molecular formula is C27H31NO3S. The number of likely N-dealkylation sites (tertiary alicyclic amines) is 1. The molecule has 0 saturated carbocycles. The van der Waals surface area contributed by atoms with Crippen molar-refractivity contribution in [2.45, 2.75) is 49.6 Å². The van der Waals surface area contributed by atoms with Crippen LogP contribution in [0.4, 0.5) is 0 Å². The lowest BCUT2D eigenvalue weighted by Crippen LogP contribution is -2.54. The van der Waals surface area contributed by atoms with Gasteiger partial charge in [-0.3, -0.25) is 9.08 Å². The summed E-state index contributed by atoms with van der Waals surface area (Å²) in [5.41, 5.74) is 3.01. The van der Waals surface area contributed by atoms with Crippen LogP contribution in [0.15, 0.2) is 89.8 Å². The van der Waals surface area contributed by atoms with Gasteiger partial charge in [0.1, 0.15) is 0 Å². The second-order valence-electron chi connectivity index (χ2n) is 8.90. The van der Waals surface area contributed by atoms with Crippen LogP contribution >= 0.6 is 0 Å². The van der Waals surface area contributed by atoms with Crippen LogP contribution in [0.2, 0.25) is 0 Å². The predicted octanol–water partition coefficient (Wildman–Crippen LogP) is 5.73. The standard InChI is InChI=1S/C27H31NO3S/c1-22-15-17-25(18-16-22)32(29,30)31-21-27(2)19-9-10-20-28(27)26(23-11-5-3-6-12-23)24-13-7-4-8-14-24/h3-8,11-18,26H,9-10,19-21H2,1-2H3/t27-/m1/s1. The van der Waals surface area contributed by atoms with Gasteiger partial charge < -0.3 is 0 Å². The molecule has 1 saturated heterocycles. The van der Waals surface area contributed by atoms with E-state index in [0.717, 1.165) is 31.4 Å². The highest BCUT2D eigenvalue weighted by atomic mass is 32.2. The molecule has 3 aromatic carbocycles. The van der Waals surface area contributed by atoms with Gasteiger partial charge in [-0.15, -0.1) is 0 Å². The molecule has 0 aromatic heterocycles. The molecule has 0 N–H and O–H groups in total. The molecule has 0 amide bonds. The Labute approximate surface area is 192 Å². The third-order valence-electron chi connectivity index (χ3n) is 6.43. The number of nitrogens with zero attached hydrogens (tertiary/aromatic N) is 1. The Morgan fingerprint density at radius 3 is 2.00 bits per heavy atom. The second-order valence-corrected chi connectivity index (χ2v) is 10.5. The number of rotatable bonds is 7. The molecule has 0 unspecified atom stereocenters. The Morgan fingerprint density at radius 2 is 1.44 bits per heavy atom. The van der Waals surface area contributed by atoms with E-state index in [1.54, 1.807) is 24.3 Å². The normalized spacial score (nSPS) is 19.8. The maximum absolute atomic E-state index is 12.9. The van der Waals surface area contributed by atoms with Crippen molar-refractivity contribution in [3.63, 3.8) is 0 Å². The average Bonchev–Trinajstić information content (AvgIpc) is 2.81. The fourth-order valence-corrected chi connectivity index (χ4v) is 5.61. The van der Waals surface area contributed by atoms with E-state index in [4.69, 9.17) is 4.18 Å². The minimum atomic E-state index is -3.82. The molecule has 1 atom stereocenters. The van der Waals surface area contributed by atoms with Crippen molar-refractivity contribution < 1.29 is 12.6 Å². The number of benzene rings is 3. The fraction of sp³-hybridized carbons (Fsp3) is 0.333. The van der Waals surface area contributed by atoms with E-state index in [1.165, 1.54) is 11.1 Å². The molecule has 0 bridgehead atoms. The lowest BCUT2D eigenvalue weighted by Gasteiger charge is -2.49. The minimum Gasteiger partial charge on any atom is -0.285 e. The van der Waals surface area contributed by atoms with Gasteiger partial charge in [0, 0.05) is 5.54 Å². The Hall–Kier alpha value is -2.47. The van der Waals surface area contributed by atoms with Crippen LogP contribution < -0.4 is 0 Å². The first-order valence-corrected chi connectivity index (χ1v) is 12.6. The molecule has 5 heteroatoms. The zero-order valence-corrected chi connectivity index (χ0v) is 19.6. The highest BCUT2D eigenvalue weighted by Gasteiger charge is 2.41. The molecule has 3 aromatic rings. The van der Waals surface area contributed by atoms with Crippen molar-refractivity contribution in [3.8, 4) is 0 Å². The first kappa shape index (κ1) is 22.7. The van der Waals surface area contributed by atoms with Crippen LogP contribution in [0.5, 0.6) is 0 Å². The summed E-state index contributed by atoms with van der Waals surface area (Å²) < 4.78 is 31.5. The van der Waals surface area contributed by atoms with E-state index >= 15 is 0 Å². The van der Waals surface area contributed by atoms with Crippen molar-refractivity contribution in [1.82, 2.24) is 4.90 Å². The number of piperidine rings is 1. The summed E-state index contributed by atoms with van der Waals surface area (Å²) >= 11 is 0. The van der Waals surface area contributed by atoms with Crippen molar-refractivity contribution in [3.05, 3.63) is 102 Å². The number of aryl methyl sites for hydroxylation is 1. The summed E-state index contributed by atoms with van der Waals surface area (Å²) in [7, 11) is -3.82. The monoisotopic (exact) mass is 449 g/mol. The highest BCUT2D eigenvalue weighted by molar-refractivity contribution is 7.86. The third-order valence-corrected chi connectivity index (χ3v) is 7.71.